The van der Waals surface area contributed by atoms with Crippen LogP contribution in [0.5, 0.6) is 0 Å². The minimum atomic E-state index is 0.319. The standard InChI is InChI=1S/C15H28N4O/c1-4-18(11-14-5-7-16-8-6-14)15-17-9-10-19(15)13(2)12-20-3/h9-10,13-14,16H,4-8,11-12H2,1-3H3. The molecule has 1 aliphatic rings. The van der Waals surface area contributed by atoms with Crippen molar-refractivity contribution in [2.75, 3.05) is 44.8 Å². The number of methoxy groups -OCH3 is 1. The van der Waals surface area contributed by atoms with Crippen LogP contribution in [0.3, 0.4) is 0 Å². The lowest BCUT2D eigenvalue weighted by Gasteiger charge is -2.31. The second-order valence-electron chi connectivity index (χ2n) is 5.67. The molecule has 2 rings (SSSR count). The molecule has 114 valence electrons. The van der Waals surface area contributed by atoms with Gasteiger partial charge in [-0.1, -0.05) is 0 Å². The zero-order valence-electron chi connectivity index (χ0n) is 13.0. The van der Waals surface area contributed by atoms with Crippen molar-refractivity contribution in [3.05, 3.63) is 12.4 Å². The highest BCUT2D eigenvalue weighted by Crippen LogP contribution is 2.21. The van der Waals surface area contributed by atoms with Gasteiger partial charge < -0.3 is 19.5 Å². The Hall–Kier alpha value is -1.07. The molecule has 5 nitrogen and oxygen atoms in total. The predicted octanol–water partition coefficient (Wildman–Crippen LogP) is 1.92. The lowest BCUT2D eigenvalue weighted by atomic mass is 9.97. The monoisotopic (exact) mass is 280 g/mol. The first-order valence-electron chi connectivity index (χ1n) is 7.73. The molecule has 0 aliphatic carbocycles. The van der Waals surface area contributed by atoms with Gasteiger partial charge >= 0.3 is 0 Å². The number of nitrogens with zero attached hydrogens (tertiary/aromatic N) is 3. The second kappa shape index (κ2) is 7.64. The van der Waals surface area contributed by atoms with Crippen molar-refractivity contribution < 1.29 is 4.74 Å². The highest BCUT2D eigenvalue weighted by molar-refractivity contribution is 5.31. The van der Waals surface area contributed by atoms with Gasteiger partial charge in [-0.05, 0) is 45.7 Å². The number of anilines is 1. The number of imidazole rings is 1. The van der Waals surface area contributed by atoms with E-state index in [1.54, 1.807) is 7.11 Å². The van der Waals surface area contributed by atoms with E-state index in [2.05, 4.69) is 39.8 Å². The fraction of sp³-hybridized carbons (Fsp3) is 0.800. The molecule has 2 heterocycles. The lowest BCUT2D eigenvalue weighted by Crippen LogP contribution is -2.37. The topological polar surface area (TPSA) is 42.3 Å². The fourth-order valence-corrected chi connectivity index (χ4v) is 2.94. The van der Waals surface area contributed by atoms with E-state index in [0.717, 1.165) is 38.0 Å². The molecule has 1 unspecified atom stereocenters. The molecule has 1 fully saturated rings. The van der Waals surface area contributed by atoms with Gasteiger partial charge in [-0.2, -0.15) is 0 Å². The van der Waals surface area contributed by atoms with Gasteiger partial charge in [0.25, 0.3) is 0 Å². The SMILES string of the molecule is CCN(CC1CCNCC1)c1nccn1C(C)COC. The molecule has 0 spiro atoms. The van der Waals surface area contributed by atoms with Crippen LogP contribution in [0.1, 0.15) is 32.7 Å². The predicted molar refractivity (Wildman–Crippen MR) is 82.3 cm³/mol. The Morgan fingerprint density at radius 3 is 2.90 bits per heavy atom. The minimum absolute atomic E-state index is 0.319. The molecule has 1 atom stereocenters. The van der Waals surface area contributed by atoms with Gasteiger partial charge in [0.15, 0.2) is 0 Å². The first kappa shape index (κ1) is 15.3. The first-order valence-corrected chi connectivity index (χ1v) is 7.73. The van der Waals surface area contributed by atoms with Crippen LogP contribution in [0.15, 0.2) is 12.4 Å². The van der Waals surface area contributed by atoms with Crippen LogP contribution in [-0.2, 0) is 4.74 Å². The van der Waals surface area contributed by atoms with E-state index in [1.165, 1.54) is 12.8 Å². The third kappa shape index (κ3) is 3.73. The number of ether oxygens (including phenoxy) is 1. The summed E-state index contributed by atoms with van der Waals surface area (Å²) in [5.74, 6) is 1.86. The summed E-state index contributed by atoms with van der Waals surface area (Å²) >= 11 is 0. The zero-order chi connectivity index (χ0) is 14.4. The molecule has 5 heteroatoms. The maximum Gasteiger partial charge on any atom is 0.205 e. The lowest BCUT2D eigenvalue weighted by molar-refractivity contribution is 0.162. The van der Waals surface area contributed by atoms with Crippen LogP contribution in [0.25, 0.3) is 0 Å². The minimum Gasteiger partial charge on any atom is -0.383 e. The van der Waals surface area contributed by atoms with Crippen LogP contribution in [-0.4, -0.2) is 49.4 Å². The van der Waals surface area contributed by atoms with Crippen molar-refractivity contribution in [3.8, 4) is 0 Å². The van der Waals surface area contributed by atoms with E-state index in [0.29, 0.717) is 12.6 Å². The van der Waals surface area contributed by atoms with Crippen LogP contribution in [0, 0.1) is 5.92 Å². The Morgan fingerprint density at radius 2 is 2.25 bits per heavy atom. The van der Waals surface area contributed by atoms with Crippen molar-refractivity contribution >= 4 is 5.95 Å². The van der Waals surface area contributed by atoms with Crippen molar-refractivity contribution in [1.82, 2.24) is 14.9 Å². The van der Waals surface area contributed by atoms with Crippen molar-refractivity contribution in [2.24, 2.45) is 5.92 Å². The number of nitrogens with one attached hydrogen (secondary N) is 1. The molecule has 0 radical (unpaired) electrons. The molecule has 0 bridgehead atoms. The van der Waals surface area contributed by atoms with Gasteiger partial charge in [0.05, 0.1) is 12.6 Å². The zero-order valence-corrected chi connectivity index (χ0v) is 13.0. The van der Waals surface area contributed by atoms with E-state index in [-0.39, 0.29) is 0 Å². The first-order chi connectivity index (χ1) is 9.76. The van der Waals surface area contributed by atoms with Crippen LogP contribution in [0.2, 0.25) is 0 Å². The molecule has 20 heavy (non-hydrogen) atoms. The number of piperidine rings is 1. The highest BCUT2D eigenvalue weighted by Gasteiger charge is 2.20. The van der Waals surface area contributed by atoms with Crippen molar-refractivity contribution in [2.45, 2.75) is 32.7 Å². The molecular weight excluding hydrogens is 252 g/mol. The summed E-state index contributed by atoms with van der Waals surface area (Å²) in [4.78, 5) is 6.98. The third-order valence-electron chi connectivity index (χ3n) is 4.13. The van der Waals surface area contributed by atoms with Gasteiger partial charge in [0.1, 0.15) is 0 Å². The van der Waals surface area contributed by atoms with Gasteiger partial charge in [-0.15, -0.1) is 0 Å². The van der Waals surface area contributed by atoms with Gasteiger partial charge in [-0.25, -0.2) is 4.98 Å². The average Bonchev–Trinajstić information content (AvgIpc) is 2.95. The molecule has 1 aliphatic heterocycles. The summed E-state index contributed by atoms with van der Waals surface area (Å²) in [6.45, 7) is 9.51. The van der Waals surface area contributed by atoms with Gasteiger partial charge in [-0.3, -0.25) is 0 Å². The maximum absolute atomic E-state index is 5.27. The van der Waals surface area contributed by atoms with Crippen LogP contribution >= 0.6 is 0 Å². The summed E-state index contributed by atoms with van der Waals surface area (Å²) in [6.07, 6.45) is 6.49. The Kier molecular flexibility index (Phi) is 5.86. The molecule has 0 saturated carbocycles. The van der Waals surface area contributed by atoms with Crippen molar-refractivity contribution in [1.29, 1.82) is 0 Å². The van der Waals surface area contributed by atoms with Gasteiger partial charge in [0, 0.05) is 32.6 Å². The molecular formula is C15H28N4O. The number of rotatable bonds is 7. The largest absolute Gasteiger partial charge is 0.383 e. The quantitative estimate of drug-likeness (QED) is 0.828. The summed E-state index contributed by atoms with van der Waals surface area (Å²) < 4.78 is 7.50. The number of hydrogen-bond acceptors (Lipinski definition) is 4. The molecule has 1 saturated heterocycles. The molecule has 0 aromatic carbocycles. The normalized spacial score (nSPS) is 18.1. The smallest absolute Gasteiger partial charge is 0.205 e. The fourth-order valence-electron chi connectivity index (χ4n) is 2.94. The molecule has 1 N–H and O–H groups in total. The highest BCUT2D eigenvalue weighted by atomic mass is 16.5. The van der Waals surface area contributed by atoms with Crippen LogP contribution in [0.4, 0.5) is 5.95 Å². The Labute approximate surface area is 122 Å². The Balaban J connectivity index is 2.04. The van der Waals surface area contributed by atoms with E-state index >= 15 is 0 Å². The van der Waals surface area contributed by atoms with E-state index in [1.807, 2.05) is 6.20 Å². The summed E-state index contributed by atoms with van der Waals surface area (Å²) in [5.41, 5.74) is 0. The number of aromatic nitrogens is 2. The molecule has 1 aromatic rings. The van der Waals surface area contributed by atoms with E-state index < -0.39 is 0 Å². The number of hydrogen-bond donors (Lipinski definition) is 1. The third-order valence-corrected chi connectivity index (χ3v) is 4.13. The summed E-state index contributed by atoms with van der Waals surface area (Å²) in [7, 11) is 1.75. The van der Waals surface area contributed by atoms with Crippen LogP contribution < -0.4 is 10.2 Å². The van der Waals surface area contributed by atoms with Crippen molar-refractivity contribution in [3.63, 3.8) is 0 Å². The summed E-state index contributed by atoms with van der Waals surface area (Å²) in [5, 5.41) is 3.43. The van der Waals surface area contributed by atoms with E-state index in [4.69, 9.17) is 4.74 Å². The maximum atomic E-state index is 5.27. The Bertz CT molecular complexity index is 387. The molecule has 0 amide bonds. The summed E-state index contributed by atoms with van der Waals surface area (Å²) in [6, 6.07) is 0.319. The van der Waals surface area contributed by atoms with Gasteiger partial charge in [0.2, 0.25) is 5.95 Å². The average molecular weight is 280 g/mol. The molecule has 1 aromatic heterocycles. The Morgan fingerprint density at radius 1 is 1.50 bits per heavy atom. The second-order valence-corrected chi connectivity index (χ2v) is 5.67. The van der Waals surface area contributed by atoms with E-state index in [9.17, 15) is 0 Å².